The molecule has 2 aromatic carbocycles. The topological polar surface area (TPSA) is 83.6 Å². The van der Waals surface area contributed by atoms with Gasteiger partial charge >= 0.3 is 0 Å². The quantitative estimate of drug-likeness (QED) is 0.276. The van der Waals surface area contributed by atoms with Crippen LogP contribution < -0.4 is 11.1 Å². The lowest BCUT2D eigenvalue weighted by Crippen LogP contribution is -2.34. The summed E-state index contributed by atoms with van der Waals surface area (Å²) in [5.74, 6) is 0.473. The third kappa shape index (κ3) is 7.66. The van der Waals surface area contributed by atoms with Gasteiger partial charge in [-0.3, -0.25) is 9.78 Å². The molecule has 3 N–H and O–H groups in total. The highest BCUT2D eigenvalue weighted by Gasteiger charge is 2.21. The normalized spacial score (nSPS) is 12.6. The predicted molar refractivity (Wildman–Crippen MR) is 163 cm³/mol. The number of nitrogens with zero attached hydrogens (tertiary/aromatic N) is 3. The molecule has 0 fully saturated rings. The van der Waals surface area contributed by atoms with Gasteiger partial charge < -0.3 is 16.0 Å². The Bertz CT molecular complexity index is 1350. The first-order valence-corrected chi connectivity index (χ1v) is 13.9. The minimum Gasteiger partial charge on any atom is -0.387 e. The summed E-state index contributed by atoms with van der Waals surface area (Å²) in [6, 6.07) is 18.6. The number of nitrogens with one attached hydrogen (secondary N) is 1. The number of amidine groups is 1. The number of amides is 1. The molecule has 202 valence electrons. The van der Waals surface area contributed by atoms with E-state index in [0.29, 0.717) is 17.8 Å². The Labute approximate surface area is 232 Å². The summed E-state index contributed by atoms with van der Waals surface area (Å²) < 4.78 is 0. The van der Waals surface area contributed by atoms with Crippen molar-refractivity contribution in [2.75, 3.05) is 18.4 Å². The highest BCUT2D eigenvalue weighted by atomic mass is 16.2. The van der Waals surface area contributed by atoms with Gasteiger partial charge in [0, 0.05) is 42.5 Å². The van der Waals surface area contributed by atoms with E-state index in [1.165, 1.54) is 11.1 Å². The van der Waals surface area contributed by atoms with Crippen LogP contribution in [0.15, 0.2) is 84.1 Å². The van der Waals surface area contributed by atoms with Crippen molar-refractivity contribution in [3.63, 3.8) is 0 Å². The van der Waals surface area contributed by atoms with E-state index in [9.17, 15) is 4.79 Å². The first-order valence-electron chi connectivity index (χ1n) is 13.9. The molecule has 0 bridgehead atoms. The zero-order chi connectivity index (χ0) is 27.6. The van der Waals surface area contributed by atoms with Crippen LogP contribution in [0, 0.1) is 0 Å². The lowest BCUT2D eigenvalue weighted by molar-refractivity contribution is -0.127. The van der Waals surface area contributed by atoms with Gasteiger partial charge in [0.05, 0.1) is 17.6 Å². The molecule has 1 aliphatic rings. The van der Waals surface area contributed by atoms with Crippen LogP contribution in [0.25, 0.3) is 11.8 Å². The van der Waals surface area contributed by atoms with Crippen LogP contribution in [-0.4, -0.2) is 34.7 Å². The zero-order valence-corrected chi connectivity index (χ0v) is 23.1. The van der Waals surface area contributed by atoms with Crippen LogP contribution in [0.1, 0.15) is 61.8 Å². The highest BCUT2D eigenvalue weighted by Crippen LogP contribution is 2.30. The molecule has 39 heavy (non-hydrogen) atoms. The Morgan fingerprint density at radius 3 is 2.49 bits per heavy atom. The Morgan fingerprint density at radius 1 is 1.00 bits per heavy atom. The molecule has 3 aromatic rings. The fraction of sp³-hybridized carbons (Fsp3) is 0.303. The van der Waals surface area contributed by atoms with Gasteiger partial charge in [-0.15, -0.1) is 0 Å². The number of aromatic nitrogens is 1. The summed E-state index contributed by atoms with van der Waals surface area (Å²) in [5, 5.41) is 3.40. The number of carbonyl (C=O) groups is 1. The number of benzene rings is 2. The van der Waals surface area contributed by atoms with E-state index in [-0.39, 0.29) is 5.91 Å². The van der Waals surface area contributed by atoms with Crippen LogP contribution in [0.3, 0.4) is 0 Å². The lowest BCUT2D eigenvalue weighted by Gasteiger charge is -2.22. The van der Waals surface area contributed by atoms with E-state index in [1.54, 1.807) is 0 Å². The van der Waals surface area contributed by atoms with E-state index in [2.05, 4.69) is 66.1 Å². The lowest BCUT2D eigenvalue weighted by atomic mass is 10.0. The van der Waals surface area contributed by atoms with E-state index in [4.69, 9.17) is 5.73 Å². The Morgan fingerprint density at radius 2 is 1.74 bits per heavy atom. The van der Waals surface area contributed by atoms with Crippen molar-refractivity contribution in [3.05, 3.63) is 101 Å². The molecule has 6 heteroatoms. The number of hydrogen-bond donors (Lipinski definition) is 2. The number of aliphatic imine (C=N–C) groups is 1. The van der Waals surface area contributed by atoms with Crippen LogP contribution >= 0.6 is 0 Å². The predicted octanol–water partition coefficient (Wildman–Crippen LogP) is 6.76. The smallest absolute Gasteiger partial charge is 0.250 e. The first-order chi connectivity index (χ1) is 19.0. The second-order valence-electron chi connectivity index (χ2n) is 10.0. The summed E-state index contributed by atoms with van der Waals surface area (Å²) >= 11 is 0. The zero-order valence-electron chi connectivity index (χ0n) is 23.1. The molecule has 0 atom stereocenters. The van der Waals surface area contributed by atoms with Gasteiger partial charge in [0.2, 0.25) is 5.91 Å². The largest absolute Gasteiger partial charge is 0.387 e. The van der Waals surface area contributed by atoms with E-state index >= 15 is 0 Å². The third-order valence-electron chi connectivity index (χ3n) is 6.76. The number of fused-ring (bicyclic) bond motifs is 1. The Hall–Kier alpha value is -4.19. The number of aryl methyl sites for hydroxylation is 2. The third-order valence-corrected chi connectivity index (χ3v) is 6.76. The number of anilines is 1. The van der Waals surface area contributed by atoms with E-state index < -0.39 is 0 Å². The molecule has 4 rings (SSSR count). The molecule has 1 aliphatic heterocycles. The van der Waals surface area contributed by atoms with Crippen molar-refractivity contribution in [1.29, 1.82) is 0 Å². The fourth-order valence-corrected chi connectivity index (χ4v) is 4.85. The van der Waals surface area contributed by atoms with E-state index in [1.807, 2.05) is 47.6 Å². The Balaban J connectivity index is 1.45. The van der Waals surface area contributed by atoms with Crippen molar-refractivity contribution in [2.45, 2.75) is 52.4 Å². The van der Waals surface area contributed by atoms with Gasteiger partial charge in [0.15, 0.2) is 0 Å². The summed E-state index contributed by atoms with van der Waals surface area (Å²) in [5.41, 5.74) is 13.6. The second-order valence-corrected chi connectivity index (χ2v) is 10.0. The monoisotopic (exact) mass is 521 g/mol. The van der Waals surface area contributed by atoms with Crippen LogP contribution in [0.4, 0.5) is 11.4 Å². The molecule has 1 aromatic heterocycles. The number of hydrogen-bond acceptors (Lipinski definition) is 5. The van der Waals surface area contributed by atoms with Gasteiger partial charge in [-0.25, -0.2) is 4.99 Å². The molecular formula is C33H39N5O. The minimum atomic E-state index is 0.0380. The van der Waals surface area contributed by atoms with Crippen molar-refractivity contribution in [1.82, 2.24) is 9.88 Å². The fourth-order valence-electron chi connectivity index (χ4n) is 4.85. The summed E-state index contributed by atoms with van der Waals surface area (Å²) in [6.07, 6.45) is 10.9. The summed E-state index contributed by atoms with van der Waals surface area (Å²) in [4.78, 5) is 24.2. The number of carbonyl (C=O) groups excluding carboxylic acids is 1. The van der Waals surface area contributed by atoms with Crippen molar-refractivity contribution >= 4 is 34.9 Å². The molecule has 6 nitrogen and oxygen atoms in total. The SMILES string of the molecule is C=C(Nc1cncc(CCCc2ccccc2)c1)c1ccc2c(c1)N=C(N)CC(C(=O)N(CCC)CCC)=C2. The maximum atomic E-state index is 13.2. The number of rotatable bonds is 12. The maximum Gasteiger partial charge on any atom is 0.250 e. The van der Waals surface area contributed by atoms with Crippen molar-refractivity contribution in [3.8, 4) is 0 Å². The van der Waals surface area contributed by atoms with Gasteiger partial charge in [0.25, 0.3) is 0 Å². The van der Waals surface area contributed by atoms with Gasteiger partial charge in [-0.1, -0.05) is 62.9 Å². The van der Waals surface area contributed by atoms with Crippen molar-refractivity contribution in [2.24, 2.45) is 10.7 Å². The highest BCUT2D eigenvalue weighted by molar-refractivity contribution is 6.05. The van der Waals surface area contributed by atoms with E-state index in [0.717, 1.165) is 73.4 Å². The molecular weight excluding hydrogens is 482 g/mol. The molecule has 0 saturated carbocycles. The molecule has 0 aliphatic carbocycles. The molecule has 2 heterocycles. The standard InChI is InChI=1S/C33H39N5O/c1-4-16-38(17-5-2)33(39)29-19-28-15-14-27(20-31(28)37-32(34)21-29)24(3)36-30-18-26(22-35-23-30)13-9-12-25-10-7-6-8-11-25/h6-8,10-11,14-15,18-20,22-23,36H,3-5,9,12-13,16-17,21H2,1-2H3,(H2,34,37). The number of nitrogens with two attached hydrogens (primary N) is 1. The molecule has 1 amide bonds. The number of pyridine rings is 1. The maximum absolute atomic E-state index is 13.2. The summed E-state index contributed by atoms with van der Waals surface area (Å²) in [6.45, 7) is 9.90. The molecule has 0 saturated heterocycles. The van der Waals surface area contributed by atoms with Gasteiger partial charge in [0.1, 0.15) is 5.84 Å². The van der Waals surface area contributed by atoms with Crippen LogP contribution in [0.5, 0.6) is 0 Å². The molecule has 0 unspecified atom stereocenters. The van der Waals surface area contributed by atoms with Crippen LogP contribution in [0.2, 0.25) is 0 Å². The van der Waals surface area contributed by atoms with Crippen LogP contribution in [-0.2, 0) is 17.6 Å². The average Bonchev–Trinajstić information content (AvgIpc) is 3.10. The van der Waals surface area contributed by atoms with Gasteiger partial charge in [-0.05, 0) is 67.0 Å². The first kappa shape index (κ1) is 27.8. The minimum absolute atomic E-state index is 0.0380. The molecule has 0 radical (unpaired) electrons. The van der Waals surface area contributed by atoms with Crippen molar-refractivity contribution < 1.29 is 4.79 Å². The van der Waals surface area contributed by atoms with Gasteiger partial charge in [-0.2, -0.15) is 0 Å². The summed E-state index contributed by atoms with van der Waals surface area (Å²) in [7, 11) is 0. The average molecular weight is 522 g/mol. The molecule has 0 spiro atoms. The second kappa shape index (κ2) is 13.6. The Kier molecular flexibility index (Phi) is 9.68.